The second-order valence-corrected chi connectivity index (χ2v) is 7.41. The summed E-state index contributed by atoms with van der Waals surface area (Å²) >= 11 is 9.20. The van der Waals surface area contributed by atoms with Gasteiger partial charge in [-0.15, -0.1) is 0 Å². The monoisotopic (exact) mass is 343 g/mol. The number of hydrogen-bond donors (Lipinski definition) is 1. The molecule has 21 heavy (non-hydrogen) atoms. The normalized spacial score (nSPS) is 17.2. The van der Waals surface area contributed by atoms with Gasteiger partial charge in [0.05, 0.1) is 0 Å². The Morgan fingerprint density at radius 3 is 2.90 bits per heavy atom. The van der Waals surface area contributed by atoms with Gasteiger partial charge in [-0.25, -0.2) is 4.98 Å². The number of aromatic nitrogens is 1. The average Bonchev–Trinajstić information content (AvgIpc) is 2.87. The van der Waals surface area contributed by atoms with Crippen LogP contribution in [0.5, 0.6) is 0 Å². The third-order valence-electron chi connectivity index (χ3n) is 3.41. The summed E-state index contributed by atoms with van der Waals surface area (Å²) in [5.41, 5.74) is 0.971. The number of hydrogen-bond acceptors (Lipinski definition) is 5. The molecule has 1 amide bonds. The third-order valence-corrected chi connectivity index (χ3v) is 5.97. The summed E-state index contributed by atoms with van der Waals surface area (Å²) < 4.78 is 0. The van der Waals surface area contributed by atoms with Crippen LogP contribution in [0.25, 0.3) is 5.57 Å². The molecule has 1 aliphatic heterocycles. The van der Waals surface area contributed by atoms with Crippen molar-refractivity contribution < 1.29 is 4.79 Å². The second-order valence-electron chi connectivity index (χ2n) is 4.84. The predicted octanol–water partition coefficient (Wildman–Crippen LogP) is 3.98. The van der Waals surface area contributed by atoms with Crippen molar-refractivity contribution in [2.24, 2.45) is 10.9 Å². The molecule has 7 heteroatoms. The number of thiazole rings is 1. The van der Waals surface area contributed by atoms with Crippen LogP contribution in [0.3, 0.4) is 0 Å². The molecule has 0 spiro atoms. The van der Waals surface area contributed by atoms with E-state index >= 15 is 0 Å². The van der Waals surface area contributed by atoms with Gasteiger partial charge in [-0.2, -0.15) is 11.8 Å². The molecule has 0 saturated carbocycles. The van der Waals surface area contributed by atoms with Crippen molar-refractivity contribution in [3.63, 3.8) is 0 Å². The molecule has 2 atom stereocenters. The van der Waals surface area contributed by atoms with Gasteiger partial charge in [0.25, 0.3) is 0 Å². The van der Waals surface area contributed by atoms with Gasteiger partial charge in [-0.1, -0.05) is 42.9 Å². The highest BCUT2D eigenvalue weighted by molar-refractivity contribution is 7.99. The van der Waals surface area contributed by atoms with Crippen LogP contribution in [0.1, 0.15) is 25.3 Å². The Morgan fingerprint density at radius 2 is 2.29 bits per heavy atom. The highest BCUT2D eigenvalue weighted by atomic mass is 35.5. The molecular formula is C14H18ClN3OS2. The fraction of sp³-hybridized carbons (Fsp3) is 0.500. The van der Waals surface area contributed by atoms with E-state index in [1.54, 1.807) is 11.8 Å². The summed E-state index contributed by atoms with van der Waals surface area (Å²) in [6.07, 6.45) is 6.81. The van der Waals surface area contributed by atoms with Crippen LogP contribution in [0.15, 0.2) is 11.1 Å². The second kappa shape index (κ2) is 7.42. The Labute approximate surface area is 138 Å². The number of rotatable bonds is 5. The molecular weight excluding hydrogens is 326 g/mol. The quantitative estimate of drug-likeness (QED) is 0.879. The number of anilines is 1. The minimum Gasteiger partial charge on any atom is -0.315 e. The Balaban J connectivity index is 2.11. The summed E-state index contributed by atoms with van der Waals surface area (Å²) in [5, 5.41) is 4.88. The van der Waals surface area contributed by atoms with E-state index in [1.807, 2.05) is 26.3 Å². The Kier molecular flexibility index (Phi) is 5.84. The SMILES string of the molecule is CSC(C)C(C)C(=O)Nc1sc(C2=CCCN=C2)nc1Cl. The van der Waals surface area contributed by atoms with Gasteiger partial charge in [0, 0.05) is 29.5 Å². The number of carbonyl (C=O) groups is 1. The molecule has 0 radical (unpaired) electrons. The van der Waals surface area contributed by atoms with Crippen LogP contribution in [0, 0.1) is 5.92 Å². The number of halogens is 1. The van der Waals surface area contributed by atoms with E-state index in [-0.39, 0.29) is 17.1 Å². The van der Waals surface area contributed by atoms with Crippen molar-refractivity contribution in [1.29, 1.82) is 0 Å². The molecule has 0 aromatic carbocycles. The first-order chi connectivity index (χ1) is 10.0. The maximum absolute atomic E-state index is 12.2. The lowest BCUT2D eigenvalue weighted by molar-refractivity contribution is -0.119. The highest BCUT2D eigenvalue weighted by Gasteiger charge is 2.22. The number of carbonyl (C=O) groups excluding carboxylic acids is 1. The number of amides is 1. The molecule has 1 aliphatic rings. The minimum absolute atomic E-state index is 0.0276. The molecule has 2 rings (SSSR count). The van der Waals surface area contributed by atoms with Gasteiger partial charge in [-0.05, 0) is 12.7 Å². The standard InChI is InChI=1S/C14H18ClN3OS2/c1-8(9(2)20-3)12(19)18-14-11(15)17-13(21-14)10-5-4-6-16-7-10/h5,7-9H,4,6H2,1-3H3,(H,18,19). The van der Waals surface area contributed by atoms with E-state index in [9.17, 15) is 4.79 Å². The molecule has 0 bridgehead atoms. The van der Waals surface area contributed by atoms with Gasteiger partial charge < -0.3 is 5.32 Å². The van der Waals surface area contributed by atoms with Crippen LogP contribution >= 0.6 is 34.7 Å². The van der Waals surface area contributed by atoms with Gasteiger partial charge in [0.1, 0.15) is 10.0 Å². The summed E-state index contributed by atoms with van der Waals surface area (Å²) in [6, 6.07) is 0. The zero-order chi connectivity index (χ0) is 15.4. The summed E-state index contributed by atoms with van der Waals surface area (Å²) in [4.78, 5) is 20.8. The molecule has 0 saturated heterocycles. The zero-order valence-corrected chi connectivity index (χ0v) is 14.6. The predicted molar refractivity (Wildman–Crippen MR) is 93.8 cm³/mol. The van der Waals surface area contributed by atoms with Crippen LogP contribution in [0.2, 0.25) is 5.15 Å². The minimum atomic E-state index is -0.0860. The number of dihydropyridines is 1. The van der Waals surface area contributed by atoms with E-state index in [2.05, 4.69) is 21.4 Å². The molecule has 2 unspecified atom stereocenters. The summed E-state index contributed by atoms with van der Waals surface area (Å²) in [6.45, 7) is 4.77. The van der Waals surface area contributed by atoms with Crippen LogP contribution in [-0.2, 0) is 4.79 Å². The van der Waals surface area contributed by atoms with Gasteiger partial charge in [0.15, 0.2) is 5.15 Å². The van der Waals surface area contributed by atoms with Crippen molar-refractivity contribution in [3.8, 4) is 0 Å². The molecule has 1 aromatic rings. The van der Waals surface area contributed by atoms with Crippen LogP contribution < -0.4 is 5.32 Å². The number of aliphatic imine (C=N–C) groups is 1. The first kappa shape index (κ1) is 16.5. The smallest absolute Gasteiger partial charge is 0.228 e. The highest BCUT2D eigenvalue weighted by Crippen LogP contribution is 2.33. The maximum atomic E-state index is 12.2. The number of thioether (sulfide) groups is 1. The van der Waals surface area contributed by atoms with Crippen molar-refractivity contribution in [2.45, 2.75) is 25.5 Å². The summed E-state index contributed by atoms with van der Waals surface area (Å²) in [5.74, 6) is -0.114. The molecule has 1 aromatic heterocycles. The molecule has 0 fully saturated rings. The Bertz CT molecular complexity index is 583. The molecule has 0 aliphatic carbocycles. The van der Waals surface area contributed by atoms with E-state index in [1.165, 1.54) is 11.3 Å². The zero-order valence-electron chi connectivity index (χ0n) is 12.2. The van der Waals surface area contributed by atoms with E-state index < -0.39 is 0 Å². The number of nitrogens with zero attached hydrogens (tertiary/aromatic N) is 2. The van der Waals surface area contributed by atoms with Gasteiger partial charge in [-0.3, -0.25) is 9.79 Å². The van der Waals surface area contributed by atoms with Crippen molar-refractivity contribution >= 4 is 57.4 Å². The lowest BCUT2D eigenvalue weighted by atomic mass is 10.1. The van der Waals surface area contributed by atoms with Crippen molar-refractivity contribution in [1.82, 2.24) is 4.98 Å². The largest absolute Gasteiger partial charge is 0.315 e. The fourth-order valence-corrected chi connectivity index (χ4v) is 3.49. The van der Waals surface area contributed by atoms with Gasteiger partial charge in [0.2, 0.25) is 5.91 Å². The van der Waals surface area contributed by atoms with E-state index in [4.69, 9.17) is 11.6 Å². The number of nitrogens with one attached hydrogen (secondary N) is 1. The Hall–Kier alpha value is -0.850. The van der Waals surface area contributed by atoms with Crippen LogP contribution in [-0.4, -0.2) is 35.2 Å². The lowest BCUT2D eigenvalue weighted by Crippen LogP contribution is -2.26. The molecule has 1 N–H and O–H groups in total. The fourth-order valence-electron chi connectivity index (χ4n) is 1.80. The molecule has 2 heterocycles. The molecule has 4 nitrogen and oxygen atoms in total. The Morgan fingerprint density at radius 1 is 1.52 bits per heavy atom. The number of allylic oxidation sites excluding steroid dienone is 1. The van der Waals surface area contributed by atoms with E-state index in [0.29, 0.717) is 10.2 Å². The van der Waals surface area contributed by atoms with E-state index in [0.717, 1.165) is 23.5 Å². The summed E-state index contributed by atoms with van der Waals surface area (Å²) in [7, 11) is 0. The lowest BCUT2D eigenvalue weighted by Gasteiger charge is -2.16. The van der Waals surface area contributed by atoms with Crippen LogP contribution in [0.4, 0.5) is 5.00 Å². The first-order valence-electron chi connectivity index (χ1n) is 6.73. The van der Waals surface area contributed by atoms with Gasteiger partial charge >= 0.3 is 0 Å². The first-order valence-corrected chi connectivity index (χ1v) is 9.21. The van der Waals surface area contributed by atoms with Crippen molar-refractivity contribution in [2.75, 3.05) is 18.1 Å². The van der Waals surface area contributed by atoms with Crippen molar-refractivity contribution in [3.05, 3.63) is 16.2 Å². The third kappa shape index (κ3) is 4.08. The molecule has 114 valence electrons. The average molecular weight is 344 g/mol. The maximum Gasteiger partial charge on any atom is 0.228 e. The topological polar surface area (TPSA) is 54.4 Å².